The number of carbonyl (C=O) groups is 1. The lowest BCUT2D eigenvalue weighted by Crippen LogP contribution is -2.34. The molecule has 1 aromatic rings. The van der Waals surface area contributed by atoms with Gasteiger partial charge in [-0.25, -0.2) is 0 Å². The standard InChI is InChI=1S/C14H19ClN2O2/c1-17(9-10-4-6-19-7-5-10)14(18)12-3-2-11(16)8-13(12)15/h2-3,8,10H,4-7,9,16H2,1H3. The third kappa shape index (κ3) is 3.61. The molecule has 1 fully saturated rings. The van der Waals surface area contributed by atoms with Gasteiger partial charge in [0.05, 0.1) is 10.6 Å². The quantitative estimate of drug-likeness (QED) is 0.866. The number of anilines is 1. The van der Waals surface area contributed by atoms with Crippen molar-refractivity contribution in [2.75, 3.05) is 32.5 Å². The zero-order chi connectivity index (χ0) is 13.8. The van der Waals surface area contributed by atoms with E-state index in [9.17, 15) is 4.79 Å². The Balaban J connectivity index is 2.01. The number of carbonyl (C=O) groups excluding carboxylic acids is 1. The maximum absolute atomic E-state index is 12.3. The van der Waals surface area contributed by atoms with Crippen molar-refractivity contribution >= 4 is 23.2 Å². The second-order valence-electron chi connectivity index (χ2n) is 4.98. The van der Waals surface area contributed by atoms with Crippen molar-refractivity contribution in [1.29, 1.82) is 0 Å². The molecule has 1 aromatic carbocycles. The van der Waals surface area contributed by atoms with E-state index in [0.29, 0.717) is 22.2 Å². The van der Waals surface area contributed by atoms with Gasteiger partial charge in [-0.15, -0.1) is 0 Å². The number of ether oxygens (including phenoxy) is 1. The van der Waals surface area contributed by atoms with Crippen molar-refractivity contribution in [1.82, 2.24) is 4.90 Å². The molecule has 0 radical (unpaired) electrons. The summed E-state index contributed by atoms with van der Waals surface area (Å²) < 4.78 is 5.32. The molecule has 0 bridgehead atoms. The van der Waals surface area contributed by atoms with Gasteiger partial charge in [0.2, 0.25) is 0 Å². The summed E-state index contributed by atoms with van der Waals surface area (Å²) in [6, 6.07) is 4.99. The number of halogens is 1. The van der Waals surface area contributed by atoms with Gasteiger partial charge in [0.1, 0.15) is 0 Å². The van der Waals surface area contributed by atoms with Gasteiger partial charge in [-0.3, -0.25) is 4.79 Å². The molecule has 1 aliphatic heterocycles. The van der Waals surface area contributed by atoms with Gasteiger partial charge in [0.15, 0.2) is 0 Å². The van der Waals surface area contributed by atoms with E-state index in [1.54, 1.807) is 23.1 Å². The van der Waals surface area contributed by atoms with Crippen molar-refractivity contribution in [3.8, 4) is 0 Å². The topological polar surface area (TPSA) is 55.6 Å². The van der Waals surface area contributed by atoms with E-state index in [0.717, 1.165) is 32.6 Å². The van der Waals surface area contributed by atoms with E-state index < -0.39 is 0 Å². The van der Waals surface area contributed by atoms with Crippen LogP contribution in [-0.2, 0) is 4.74 Å². The molecule has 2 N–H and O–H groups in total. The van der Waals surface area contributed by atoms with E-state index in [1.807, 2.05) is 7.05 Å². The van der Waals surface area contributed by atoms with Crippen LogP contribution in [0.2, 0.25) is 5.02 Å². The maximum atomic E-state index is 12.3. The smallest absolute Gasteiger partial charge is 0.255 e. The summed E-state index contributed by atoms with van der Waals surface area (Å²) in [6.45, 7) is 2.31. The van der Waals surface area contributed by atoms with Gasteiger partial charge in [-0.05, 0) is 37.0 Å². The minimum Gasteiger partial charge on any atom is -0.399 e. The van der Waals surface area contributed by atoms with Crippen molar-refractivity contribution in [2.45, 2.75) is 12.8 Å². The number of benzene rings is 1. The molecule has 0 atom stereocenters. The van der Waals surface area contributed by atoms with Crippen LogP contribution in [0.4, 0.5) is 5.69 Å². The highest BCUT2D eigenvalue weighted by Crippen LogP contribution is 2.22. The average Bonchev–Trinajstić information content (AvgIpc) is 2.39. The molecule has 1 aliphatic rings. The molecule has 0 spiro atoms. The van der Waals surface area contributed by atoms with Gasteiger partial charge in [0.25, 0.3) is 5.91 Å². The van der Waals surface area contributed by atoms with E-state index in [4.69, 9.17) is 22.1 Å². The van der Waals surface area contributed by atoms with Crippen molar-refractivity contribution < 1.29 is 9.53 Å². The summed E-state index contributed by atoms with van der Waals surface area (Å²) in [7, 11) is 1.81. The first-order valence-corrected chi connectivity index (χ1v) is 6.84. The first-order valence-electron chi connectivity index (χ1n) is 6.46. The summed E-state index contributed by atoms with van der Waals surface area (Å²) in [5.41, 5.74) is 6.70. The van der Waals surface area contributed by atoms with Crippen LogP contribution in [0.25, 0.3) is 0 Å². The number of nitrogens with two attached hydrogens (primary N) is 1. The molecule has 0 unspecified atom stereocenters. The molecular weight excluding hydrogens is 264 g/mol. The Kier molecular flexibility index (Phi) is 4.66. The summed E-state index contributed by atoms with van der Waals surface area (Å²) in [4.78, 5) is 14.0. The highest BCUT2D eigenvalue weighted by atomic mass is 35.5. The molecule has 2 rings (SSSR count). The number of amides is 1. The molecular formula is C14H19ClN2O2. The second-order valence-corrected chi connectivity index (χ2v) is 5.39. The summed E-state index contributed by atoms with van der Waals surface area (Å²) >= 11 is 6.06. The molecule has 0 aliphatic carbocycles. The van der Waals surface area contributed by atoms with Gasteiger partial charge < -0.3 is 15.4 Å². The van der Waals surface area contributed by atoms with Crippen LogP contribution in [0.5, 0.6) is 0 Å². The van der Waals surface area contributed by atoms with Gasteiger partial charge in [0, 0.05) is 32.5 Å². The van der Waals surface area contributed by atoms with E-state index >= 15 is 0 Å². The van der Waals surface area contributed by atoms with Crippen LogP contribution in [0.1, 0.15) is 23.2 Å². The lowest BCUT2D eigenvalue weighted by molar-refractivity contribution is 0.0497. The molecule has 4 nitrogen and oxygen atoms in total. The first kappa shape index (κ1) is 14.2. The van der Waals surface area contributed by atoms with Gasteiger partial charge in [-0.1, -0.05) is 11.6 Å². The van der Waals surface area contributed by atoms with Crippen molar-refractivity contribution in [3.63, 3.8) is 0 Å². The molecule has 0 aromatic heterocycles. The van der Waals surface area contributed by atoms with Crippen molar-refractivity contribution in [2.24, 2.45) is 5.92 Å². The summed E-state index contributed by atoms with van der Waals surface area (Å²) in [5.74, 6) is 0.451. The fraction of sp³-hybridized carbons (Fsp3) is 0.500. The normalized spacial score (nSPS) is 16.3. The Morgan fingerprint density at radius 1 is 1.47 bits per heavy atom. The third-order valence-electron chi connectivity index (χ3n) is 3.44. The fourth-order valence-electron chi connectivity index (χ4n) is 2.31. The molecule has 0 saturated carbocycles. The zero-order valence-corrected chi connectivity index (χ0v) is 11.8. The van der Waals surface area contributed by atoms with Crippen LogP contribution in [-0.4, -0.2) is 37.6 Å². The van der Waals surface area contributed by atoms with E-state index in [2.05, 4.69) is 0 Å². The van der Waals surface area contributed by atoms with Gasteiger partial charge in [-0.2, -0.15) is 0 Å². The SMILES string of the molecule is CN(CC1CCOCC1)C(=O)c1ccc(N)cc1Cl. The Labute approximate surface area is 118 Å². The Hall–Kier alpha value is -1.26. The van der Waals surface area contributed by atoms with Gasteiger partial charge >= 0.3 is 0 Å². The number of rotatable bonds is 3. The maximum Gasteiger partial charge on any atom is 0.255 e. The molecule has 1 amide bonds. The minimum absolute atomic E-state index is 0.0588. The minimum atomic E-state index is -0.0588. The Bertz CT molecular complexity index is 459. The first-order chi connectivity index (χ1) is 9.08. The number of hydrogen-bond donors (Lipinski definition) is 1. The molecule has 1 saturated heterocycles. The van der Waals surface area contributed by atoms with Crippen molar-refractivity contribution in [3.05, 3.63) is 28.8 Å². The molecule has 5 heteroatoms. The lowest BCUT2D eigenvalue weighted by atomic mass is 9.99. The predicted molar refractivity (Wildman–Crippen MR) is 76.4 cm³/mol. The highest BCUT2D eigenvalue weighted by molar-refractivity contribution is 6.34. The Morgan fingerprint density at radius 3 is 2.79 bits per heavy atom. The molecule has 1 heterocycles. The molecule has 19 heavy (non-hydrogen) atoms. The number of nitrogens with zero attached hydrogens (tertiary/aromatic N) is 1. The fourth-order valence-corrected chi connectivity index (χ4v) is 2.58. The van der Waals surface area contributed by atoms with E-state index in [-0.39, 0.29) is 5.91 Å². The highest BCUT2D eigenvalue weighted by Gasteiger charge is 2.20. The monoisotopic (exact) mass is 282 g/mol. The van der Waals surface area contributed by atoms with Crippen LogP contribution >= 0.6 is 11.6 Å². The Morgan fingerprint density at radius 2 is 2.16 bits per heavy atom. The summed E-state index contributed by atoms with van der Waals surface area (Å²) in [6.07, 6.45) is 2.01. The molecule has 104 valence electrons. The summed E-state index contributed by atoms with van der Waals surface area (Å²) in [5, 5.41) is 0.406. The second kappa shape index (κ2) is 6.26. The van der Waals surface area contributed by atoms with Crippen LogP contribution in [0.15, 0.2) is 18.2 Å². The van der Waals surface area contributed by atoms with E-state index in [1.165, 1.54) is 0 Å². The average molecular weight is 283 g/mol. The predicted octanol–water partition coefficient (Wildman–Crippen LogP) is 2.42. The lowest BCUT2D eigenvalue weighted by Gasteiger charge is -2.27. The van der Waals surface area contributed by atoms with Crippen LogP contribution in [0.3, 0.4) is 0 Å². The number of nitrogen functional groups attached to an aromatic ring is 1. The van der Waals surface area contributed by atoms with Crippen LogP contribution in [0, 0.1) is 5.92 Å². The third-order valence-corrected chi connectivity index (χ3v) is 3.76. The number of hydrogen-bond acceptors (Lipinski definition) is 3. The van der Waals surface area contributed by atoms with Crippen LogP contribution < -0.4 is 5.73 Å². The largest absolute Gasteiger partial charge is 0.399 e. The zero-order valence-electron chi connectivity index (χ0n) is 11.1.